The van der Waals surface area contributed by atoms with Crippen molar-refractivity contribution in [2.45, 2.75) is 44.3 Å². The lowest BCUT2D eigenvalue weighted by molar-refractivity contribution is -0.880. The Hall–Kier alpha value is -1.86. The number of nitrogens with zero attached hydrogens (tertiary/aromatic N) is 5. The van der Waals surface area contributed by atoms with E-state index in [1.54, 1.807) is 18.6 Å². The van der Waals surface area contributed by atoms with Crippen LogP contribution < -0.4 is 0 Å². The van der Waals surface area contributed by atoms with E-state index in [9.17, 15) is 5.21 Å². The molecule has 0 saturated heterocycles. The van der Waals surface area contributed by atoms with Crippen LogP contribution in [0.3, 0.4) is 0 Å². The van der Waals surface area contributed by atoms with Crippen molar-refractivity contribution in [1.29, 1.82) is 0 Å². The van der Waals surface area contributed by atoms with Crippen molar-refractivity contribution in [1.82, 2.24) is 10.1 Å². The van der Waals surface area contributed by atoms with E-state index in [2.05, 4.69) is 20.1 Å². The van der Waals surface area contributed by atoms with E-state index >= 15 is 0 Å². The van der Waals surface area contributed by atoms with Crippen LogP contribution in [-0.4, -0.2) is 33.3 Å². The third-order valence-electron chi connectivity index (χ3n) is 4.11. The lowest BCUT2D eigenvalue weighted by Gasteiger charge is -2.46. The van der Waals surface area contributed by atoms with Crippen LogP contribution in [0.5, 0.6) is 0 Å². The number of allylic oxidation sites excluding steroid dienone is 1. The Morgan fingerprint density at radius 3 is 3.05 bits per heavy atom. The number of hydroxylamine groups is 3. The second kappa shape index (κ2) is 4.07. The lowest BCUT2D eigenvalue weighted by atomic mass is 10.1. The average Bonchev–Trinajstić information content (AvgIpc) is 3.08. The molecule has 104 valence electrons. The minimum absolute atomic E-state index is 0.265. The van der Waals surface area contributed by atoms with Crippen molar-refractivity contribution < 1.29 is 9.17 Å². The average molecular weight is 273 g/mol. The molecule has 0 bridgehead atoms. The Labute approximate surface area is 115 Å². The molecule has 3 heterocycles. The van der Waals surface area contributed by atoms with Crippen LogP contribution >= 0.6 is 0 Å². The van der Waals surface area contributed by atoms with Gasteiger partial charge in [0.2, 0.25) is 0 Å². The van der Waals surface area contributed by atoms with Gasteiger partial charge in [-0.25, -0.2) is 4.99 Å². The van der Waals surface area contributed by atoms with Crippen molar-refractivity contribution in [3.05, 3.63) is 28.8 Å². The Kier molecular flexibility index (Phi) is 2.42. The maximum atomic E-state index is 13.3. The highest BCUT2D eigenvalue weighted by Crippen LogP contribution is 2.43. The summed E-state index contributed by atoms with van der Waals surface area (Å²) in [6, 6.07) is -0.265. The molecule has 3 unspecified atom stereocenters. The first-order valence-corrected chi connectivity index (χ1v) is 6.93. The summed E-state index contributed by atoms with van der Waals surface area (Å²) in [5.74, 6) is 1.42. The molecule has 0 spiro atoms. The SMILES string of the molecule is CCC1C=NC=C2C=NC(c3nc(C4CC4)no3)[N+]21[O-]. The molecule has 0 aromatic carbocycles. The topological polar surface area (TPSA) is 86.7 Å². The van der Waals surface area contributed by atoms with Gasteiger partial charge < -0.3 is 9.73 Å². The molecule has 7 nitrogen and oxygen atoms in total. The molecule has 20 heavy (non-hydrogen) atoms. The molecule has 0 radical (unpaired) electrons. The molecule has 7 heteroatoms. The highest BCUT2D eigenvalue weighted by atomic mass is 16.6. The smallest absolute Gasteiger partial charge is 0.309 e. The van der Waals surface area contributed by atoms with E-state index in [-0.39, 0.29) is 6.04 Å². The van der Waals surface area contributed by atoms with E-state index in [4.69, 9.17) is 4.52 Å². The van der Waals surface area contributed by atoms with Gasteiger partial charge in [0.1, 0.15) is 6.04 Å². The molecule has 2 aliphatic heterocycles. The van der Waals surface area contributed by atoms with E-state index in [1.807, 2.05) is 6.92 Å². The fraction of sp³-hybridized carbons (Fsp3) is 0.538. The molecule has 0 amide bonds. The summed E-state index contributed by atoms with van der Waals surface area (Å²) in [6.45, 7) is 1.97. The van der Waals surface area contributed by atoms with Crippen LogP contribution in [0.25, 0.3) is 0 Å². The van der Waals surface area contributed by atoms with Gasteiger partial charge in [0.05, 0.1) is 18.6 Å². The number of fused-ring (bicyclic) bond motifs is 1. The van der Waals surface area contributed by atoms with Crippen LogP contribution in [0.1, 0.15) is 50.0 Å². The minimum Gasteiger partial charge on any atom is -0.625 e. The lowest BCUT2D eigenvalue weighted by Crippen LogP contribution is -2.51. The first kappa shape index (κ1) is 11.9. The normalized spacial score (nSPS) is 35.2. The molecule has 1 saturated carbocycles. The molecule has 1 aliphatic carbocycles. The zero-order valence-corrected chi connectivity index (χ0v) is 11.1. The molecule has 1 aromatic heterocycles. The summed E-state index contributed by atoms with van der Waals surface area (Å²) < 4.78 is 4.70. The van der Waals surface area contributed by atoms with Gasteiger partial charge in [0.15, 0.2) is 11.5 Å². The second-order valence-electron chi connectivity index (χ2n) is 5.45. The second-order valence-corrected chi connectivity index (χ2v) is 5.45. The predicted octanol–water partition coefficient (Wildman–Crippen LogP) is 2.05. The number of hydrogen-bond acceptors (Lipinski definition) is 6. The van der Waals surface area contributed by atoms with Crippen molar-refractivity contribution in [2.75, 3.05) is 0 Å². The molecule has 0 N–H and O–H groups in total. The van der Waals surface area contributed by atoms with E-state index in [0.29, 0.717) is 29.8 Å². The number of aliphatic imine (C=N–C) groups is 2. The Morgan fingerprint density at radius 1 is 1.45 bits per heavy atom. The van der Waals surface area contributed by atoms with Crippen LogP contribution in [0.15, 0.2) is 26.4 Å². The summed E-state index contributed by atoms with van der Waals surface area (Å²) in [6.07, 6.45) is 7.03. The molecule has 1 aromatic rings. The highest BCUT2D eigenvalue weighted by molar-refractivity contribution is 5.80. The third kappa shape index (κ3) is 1.53. The van der Waals surface area contributed by atoms with Crippen molar-refractivity contribution in [3.8, 4) is 0 Å². The van der Waals surface area contributed by atoms with Gasteiger partial charge >= 0.3 is 5.89 Å². The number of hydrogen-bond donors (Lipinski definition) is 0. The summed E-state index contributed by atoms with van der Waals surface area (Å²) in [5.41, 5.74) is 0.551. The van der Waals surface area contributed by atoms with Gasteiger partial charge in [0, 0.05) is 12.3 Å². The molecular weight excluding hydrogens is 258 g/mol. The summed E-state index contributed by atoms with van der Waals surface area (Å²) in [5, 5.41) is 17.3. The molecular formula is C13H15N5O2. The summed E-state index contributed by atoms with van der Waals surface area (Å²) in [7, 11) is 0. The monoisotopic (exact) mass is 273 g/mol. The Balaban J connectivity index is 1.72. The van der Waals surface area contributed by atoms with Crippen LogP contribution in [0.4, 0.5) is 0 Å². The van der Waals surface area contributed by atoms with Gasteiger partial charge in [-0.15, -0.1) is 0 Å². The van der Waals surface area contributed by atoms with Crippen molar-refractivity contribution >= 4 is 12.4 Å². The maximum Gasteiger partial charge on any atom is 0.309 e. The molecule has 1 fully saturated rings. The number of rotatable bonds is 3. The molecule has 3 aliphatic rings. The van der Waals surface area contributed by atoms with E-state index in [1.165, 1.54) is 0 Å². The molecule has 3 atom stereocenters. The quantitative estimate of drug-likeness (QED) is 0.623. The Bertz CT molecular complexity index is 630. The van der Waals surface area contributed by atoms with Crippen LogP contribution in [0, 0.1) is 5.21 Å². The summed E-state index contributed by atoms with van der Waals surface area (Å²) >= 11 is 0. The highest BCUT2D eigenvalue weighted by Gasteiger charge is 2.47. The zero-order chi connectivity index (χ0) is 13.7. The standard InChI is InChI=1S/C13H15N5O2/c1-2-9-5-14-6-10-7-15-12(18(9,10)19)13-16-11(17-20-13)8-3-4-8/h5-9,12H,2-4H2,1H3. The van der Waals surface area contributed by atoms with Gasteiger partial charge in [-0.1, -0.05) is 12.1 Å². The fourth-order valence-corrected chi connectivity index (χ4v) is 2.76. The first-order chi connectivity index (χ1) is 9.73. The largest absolute Gasteiger partial charge is 0.625 e. The fourth-order valence-electron chi connectivity index (χ4n) is 2.76. The van der Waals surface area contributed by atoms with Gasteiger partial charge in [-0.2, -0.15) is 4.98 Å². The van der Waals surface area contributed by atoms with Gasteiger partial charge in [-0.3, -0.25) is 9.64 Å². The first-order valence-electron chi connectivity index (χ1n) is 6.93. The minimum atomic E-state index is -0.696. The number of aromatic nitrogens is 2. The maximum absolute atomic E-state index is 13.3. The van der Waals surface area contributed by atoms with Crippen molar-refractivity contribution in [3.63, 3.8) is 0 Å². The van der Waals surface area contributed by atoms with E-state index in [0.717, 1.165) is 12.8 Å². The Morgan fingerprint density at radius 2 is 2.30 bits per heavy atom. The summed E-state index contributed by atoms with van der Waals surface area (Å²) in [4.78, 5) is 12.8. The van der Waals surface area contributed by atoms with Crippen LogP contribution in [0.2, 0.25) is 0 Å². The van der Waals surface area contributed by atoms with Gasteiger partial charge in [0.25, 0.3) is 6.17 Å². The van der Waals surface area contributed by atoms with Crippen molar-refractivity contribution in [2.24, 2.45) is 9.98 Å². The zero-order valence-electron chi connectivity index (χ0n) is 11.1. The third-order valence-corrected chi connectivity index (χ3v) is 4.11. The predicted molar refractivity (Wildman–Crippen MR) is 71.8 cm³/mol. The molecule has 4 rings (SSSR count). The van der Waals surface area contributed by atoms with Gasteiger partial charge in [-0.05, 0) is 12.8 Å². The number of quaternary nitrogens is 1. The van der Waals surface area contributed by atoms with Crippen LogP contribution in [-0.2, 0) is 0 Å². The van der Waals surface area contributed by atoms with E-state index < -0.39 is 10.8 Å².